The summed E-state index contributed by atoms with van der Waals surface area (Å²) in [4.78, 5) is 14.3. The fraction of sp³-hybridized carbons (Fsp3) is 0.250. The van der Waals surface area contributed by atoms with E-state index in [1.165, 1.54) is 10.4 Å². The predicted octanol–water partition coefficient (Wildman–Crippen LogP) is 4.14. The summed E-state index contributed by atoms with van der Waals surface area (Å²) >= 11 is 1.56. The zero-order valence-corrected chi connectivity index (χ0v) is 12.9. The number of carbonyl (C=O) groups is 1. The van der Waals surface area contributed by atoms with Crippen molar-refractivity contribution in [2.24, 2.45) is 0 Å². The summed E-state index contributed by atoms with van der Waals surface area (Å²) < 4.78 is 0. The molecule has 0 aliphatic rings. The Hall–Kier alpha value is -2.14. The third-order valence-corrected chi connectivity index (χ3v) is 4.55. The van der Waals surface area contributed by atoms with Crippen LogP contribution in [0, 0.1) is 6.92 Å². The number of nitrogens with one attached hydrogen (secondary N) is 2. The van der Waals surface area contributed by atoms with Crippen molar-refractivity contribution < 1.29 is 4.79 Å². The van der Waals surface area contributed by atoms with Gasteiger partial charge in [-0.2, -0.15) is 5.10 Å². The van der Waals surface area contributed by atoms with Gasteiger partial charge in [0, 0.05) is 16.0 Å². The summed E-state index contributed by atoms with van der Waals surface area (Å²) in [5.41, 5.74) is 3.03. The molecular formula is C16H17N3OS. The van der Waals surface area contributed by atoms with Crippen LogP contribution in [0.25, 0.3) is 10.9 Å². The summed E-state index contributed by atoms with van der Waals surface area (Å²) in [7, 11) is 0. The summed E-state index contributed by atoms with van der Waals surface area (Å²) in [6.45, 7) is 4.22. The second-order valence-electron chi connectivity index (χ2n) is 5.07. The Morgan fingerprint density at radius 3 is 3.05 bits per heavy atom. The summed E-state index contributed by atoms with van der Waals surface area (Å²) in [6, 6.07) is 7.73. The third kappa shape index (κ3) is 2.83. The average molecular weight is 299 g/mol. The minimum absolute atomic E-state index is 0.0479. The van der Waals surface area contributed by atoms with Gasteiger partial charge >= 0.3 is 0 Å². The lowest BCUT2D eigenvalue weighted by Crippen LogP contribution is -2.09. The summed E-state index contributed by atoms with van der Waals surface area (Å²) in [5, 5.41) is 10.8. The van der Waals surface area contributed by atoms with E-state index in [-0.39, 0.29) is 5.91 Å². The van der Waals surface area contributed by atoms with Gasteiger partial charge in [0.25, 0.3) is 5.91 Å². The number of hydrogen-bond acceptors (Lipinski definition) is 3. The number of anilines is 1. The van der Waals surface area contributed by atoms with Crippen LogP contribution < -0.4 is 5.32 Å². The van der Waals surface area contributed by atoms with Gasteiger partial charge in [0.15, 0.2) is 0 Å². The molecule has 2 aromatic heterocycles. The molecule has 3 aromatic rings. The van der Waals surface area contributed by atoms with E-state index < -0.39 is 0 Å². The van der Waals surface area contributed by atoms with Crippen molar-refractivity contribution in [2.45, 2.75) is 26.7 Å². The molecule has 0 radical (unpaired) electrons. The third-order valence-electron chi connectivity index (χ3n) is 3.46. The van der Waals surface area contributed by atoms with Gasteiger partial charge in [0.2, 0.25) is 0 Å². The lowest BCUT2D eigenvalue weighted by molar-refractivity contribution is 0.103. The van der Waals surface area contributed by atoms with Crippen molar-refractivity contribution in [3.63, 3.8) is 0 Å². The minimum atomic E-state index is -0.0479. The monoisotopic (exact) mass is 299 g/mol. The number of aromatic amines is 1. The van der Waals surface area contributed by atoms with E-state index in [9.17, 15) is 4.79 Å². The molecule has 0 fully saturated rings. The van der Waals surface area contributed by atoms with Crippen LogP contribution in [-0.4, -0.2) is 16.1 Å². The number of H-pyrrole nitrogens is 1. The normalized spacial score (nSPS) is 11.0. The molecule has 0 unspecified atom stereocenters. The molecule has 2 N–H and O–H groups in total. The Bertz CT molecular complexity index is 788. The SMILES string of the molecule is CCCc1cc(C(=O)Nc2ccc3[nH]ncc3c2)sc1C. The average Bonchev–Trinajstić information content (AvgIpc) is 3.06. The molecule has 0 saturated carbocycles. The van der Waals surface area contributed by atoms with Crippen molar-refractivity contribution in [3.05, 3.63) is 45.8 Å². The second kappa shape index (κ2) is 5.69. The Morgan fingerprint density at radius 1 is 1.38 bits per heavy atom. The molecule has 4 nitrogen and oxygen atoms in total. The highest BCUT2D eigenvalue weighted by Crippen LogP contribution is 2.24. The van der Waals surface area contributed by atoms with Crippen LogP contribution in [0.15, 0.2) is 30.5 Å². The molecule has 2 heterocycles. The zero-order chi connectivity index (χ0) is 14.8. The lowest BCUT2D eigenvalue weighted by Gasteiger charge is -2.03. The fourth-order valence-electron chi connectivity index (χ4n) is 2.36. The van der Waals surface area contributed by atoms with E-state index >= 15 is 0 Å². The van der Waals surface area contributed by atoms with Crippen molar-refractivity contribution in [1.29, 1.82) is 0 Å². The van der Waals surface area contributed by atoms with E-state index in [0.717, 1.165) is 34.3 Å². The van der Waals surface area contributed by atoms with Crippen LogP contribution in [0.3, 0.4) is 0 Å². The number of benzene rings is 1. The van der Waals surface area contributed by atoms with E-state index in [2.05, 4.69) is 29.4 Å². The Kier molecular flexibility index (Phi) is 3.75. The van der Waals surface area contributed by atoms with Crippen molar-refractivity contribution in [3.8, 4) is 0 Å². The highest BCUT2D eigenvalue weighted by atomic mass is 32.1. The summed E-state index contributed by atoms with van der Waals surface area (Å²) in [6.07, 6.45) is 3.87. The number of amides is 1. The van der Waals surface area contributed by atoms with Gasteiger partial charge in [-0.05, 0) is 43.2 Å². The quantitative estimate of drug-likeness (QED) is 0.760. The Balaban J connectivity index is 1.80. The van der Waals surface area contributed by atoms with E-state index in [1.54, 1.807) is 17.5 Å². The number of hydrogen-bond donors (Lipinski definition) is 2. The summed E-state index contributed by atoms with van der Waals surface area (Å²) in [5.74, 6) is -0.0479. The molecule has 1 aromatic carbocycles. The lowest BCUT2D eigenvalue weighted by atomic mass is 10.1. The van der Waals surface area contributed by atoms with Crippen molar-refractivity contribution >= 4 is 33.8 Å². The highest BCUT2D eigenvalue weighted by Gasteiger charge is 2.12. The fourth-order valence-corrected chi connectivity index (χ4v) is 3.33. The molecule has 21 heavy (non-hydrogen) atoms. The van der Waals surface area contributed by atoms with Crippen molar-refractivity contribution in [2.75, 3.05) is 5.32 Å². The zero-order valence-electron chi connectivity index (χ0n) is 12.1. The first-order valence-corrected chi connectivity index (χ1v) is 7.83. The molecule has 0 aliphatic carbocycles. The van der Waals surface area contributed by atoms with Crippen LogP contribution in [0.1, 0.15) is 33.5 Å². The van der Waals surface area contributed by atoms with Crippen LogP contribution >= 0.6 is 11.3 Å². The topological polar surface area (TPSA) is 57.8 Å². The first-order valence-electron chi connectivity index (χ1n) is 7.01. The van der Waals surface area contributed by atoms with E-state index in [1.807, 2.05) is 24.3 Å². The van der Waals surface area contributed by atoms with Crippen LogP contribution in [0.5, 0.6) is 0 Å². The van der Waals surface area contributed by atoms with Crippen LogP contribution in [-0.2, 0) is 6.42 Å². The van der Waals surface area contributed by atoms with Gasteiger partial charge in [-0.1, -0.05) is 13.3 Å². The number of fused-ring (bicyclic) bond motifs is 1. The van der Waals surface area contributed by atoms with E-state index in [0.29, 0.717) is 0 Å². The number of nitrogens with zero attached hydrogens (tertiary/aromatic N) is 1. The highest BCUT2D eigenvalue weighted by molar-refractivity contribution is 7.14. The molecule has 1 amide bonds. The maximum absolute atomic E-state index is 12.3. The second-order valence-corrected chi connectivity index (χ2v) is 6.32. The van der Waals surface area contributed by atoms with Gasteiger partial charge in [0.05, 0.1) is 16.6 Å². The Morgan fingerprint density at radius 2 is 2.24 bits per heavy atom. The van der Waals surface area contributed by atoms with Crippen LogP contribution in [0.4, 0.5) is 5.69 Å². The van der Waals surface area contributed by atoms with Gasteiger partial charge in [-0.3, -0.25) is 9.89 Å². The molecule has 3 rings (SSSR count). The Labute approximate surface area is 127 Å². The number of rotatable bonds is 4. The minimum Gasteiger partial charge on any atom is -0.321 e. The molecule has 108 valence electrons. The maximum Gasteiger partial charge on any atom is 0.265 e. The first-order chi connectivity index (χ1) is 10.2. The first kappa shape index (κ1) is 13.8. The molecule has 0 atom stereocenters. The largest absolute Gasteiger partial charge is 0.321 e. The molecule has 5 heteroatoms. The number of aryl methyl sites for hydroxylation is 2. The number of aromatic nitrogens is 2. The molecule has 0 bridgehead atoms. The smallest absolute Gasteiger partial charge is 0.265 e. The molecular weight excluding hydrogens is 282 g/mol. The van der Waals surface area contributed by atoms with Gasteiger partial charge in [0.1, 0.15) is 0 Å². The van der Waals surface area contributed by atoms with E-state index in [4.69, 9.17) is 0 Å². The molecule has 0 saturated heterocycles. The number of carbonyl (C=O) groups excluding carboxylic acids is 1. The standard InChI is InChI=1S/C16H17N3OS/c1-3-4-11-8-15(21-10(11)2)16(20)18-13-5-6-14-12(7-13)9-17-19-14/h5-9H,3-4H2,1-2H3,(H,17,19)(H,18,20). The number of thiophene rings is 1. The molecule has 0 spiro atoms. The van der Waals surface area contributed by atoms with Gasteiger partial charge in [-0.25, -0.2) is 0 Å². The van der Waals surface area contributed by atoms with Gasteiger partial charge in [-0.15, -0.1) is 11.3 Å². The van der Waals surface area contributed by atoms with Crippen molar-refractivity contribution in [1.82, 2.24) is 10.2 Å². The molecule has 0 aliphatic heterocycles. The predicted molar refractivity (Wildman–Crippen MR) is 87.1 cm³/mol. The maximum atomic E-state index is 12.3. The van der Waals surface area contributed by atoms with Crippen LogP contribution in [0.2, 0.25) is 0 Å². The van der Waals surface area contributed by atoms with Gasteiger partial charge < -0.3 is 5.32 Å².